The fraction of sp³-hybridized carbons (Fsp3) is 0.480. The second kappa shape index (κ2) is 9.33. The highest BCUT2D eigenvalue weighted by Gasteiger charge is 2.56. The molecule has 0 amide bonds. The molecule has 2 unspecified atom stereocenters. The van der Waals surface area contributed by atoms with Crippen LogP contribution in [0.15, 0.2) is 53.2 Å². The van der Waals surface area contributed by atoms with Crippen molar-refractivity contribution in [3.63, 3.8) is 0 Å². The number of rotatable bonds is 8. The van der Waals surface area contributed by atoms with E-state index < -0.39 is 36.0 Å². The van der Waals surface area contributed by atoms with Crippen LogP contribution in [0, 0.1) is 11.7 Å². The fourth-order valence-corrected chi connectivity index (χ4v) is 4.57. The number of nitrogens with zero attached hydrogens (tertiary/aromatic N) is 1. The minimum atomic E-state index is -4.92. The van der Waals surface area contributed by atoms with Gasteiger partial charge in [0.05, 0.1) is 19.2 Å². The number of fused-ring (bicyclic) bond motifs is 1. The third-order valence-electron chi connectivity index (χ3n) is 6.25. The molecule has 1 heterocycles. The Hall–Kier alpha value is -2.61. The standard InChI is InChI=1S/C25H30F4N2O2/c1-5-7-18-20(30-4)8-6-9-21(18)31-15-24(32,25(27,28)29)14-23(2,3)19-13-17(26)12-16-10-11-33-22(16)19/h5-9,12-13,18,20,31-32H,4,10-11,14-15H2,1-3H3/b7-5-/t18?,20?,24-/m1/s1. The Morgan fingerprint density at radius 2 is 2.03 bits per heavy atom. The molecular formula is C25H30F4N2O2. The number of benzene rings is 1. The lowest BCUT2D eigenvalue weighted by atomic mass is 9.74. The number of aliphatic hydroxyl groups is 1. The number of aliphatic imine (C=N–C) groups is 1. The Balaban J connectivity index is 1.89. The molecule has 0 saturated carbocycles. The number of nitrogens with one attached hydrogen (secondary N) is 1. The van der Waals surface area contributed by atoms with Crippen molar-refractivity contribution in [1.82, 2.24) is 5.32 Å². The summed E-state index contributed by atoms with van der Waals surface area (Å²) in [6, 6.07) is 2.22. The first-order valence-corrected chi connectivity index (χ1v) is 10.9. The van der Waals surface area contributed by atoms with Crippen LogP contribution in [0.5, 0.6) is 5.75 Å². The van der Waals surface area contributed by atoms with E-state index in [-0.39, 0.29) is 12.0 Å². The number of halogens is 4. The fourth-order valence-electron chi connectivity index (χ4n) is 4.57. The first kappa shape index (κ1) is 25.0. The first-order valence-electron chi connectivity index (χ1n) is 10.9. The van der Waals surface area contributed by atoms with Crippen LogP contribution in [0.3, 0.4) is 0 Å². The SMILES string of the molecule is C=NC1C=CC=C(NC[C@](O)(CC(C)(C)c2cc(F)cc3c2OCC3)C(F)(F)F)C1/C=C\C. The zero-order valence-electron chi connectivity index (χ0n) is 19.0. The van der Waals surface area contributed by atoms with E-state index in [4.69, 9.17) is 4.74 Å². The van der Waals surface area contributed by atoms with Gasteiger partial charge in [0.2, 0.25) is 0 Å². The average molecular weight is 467 g/mol. The van der Waals surface area contributed by atoms with Gasteiger partial charge in [-0.05, 0) is 43.7 Å². The number of hydrogen-bond acceptors (Lipinski definition) is 4. The van der Waals surface area contributed by atoms with Crippen LogP contribution >= 0.6 is 0 Å². The van der Waals surface area contributed by atoms with Crippen molar-refractivity contribution < 1.29 is 27.4 Å². The van der Waals surface area contributed by atoms with Crippen LogP contribution in [0.2, 0.25) is 0 Å². The molecule has 2 aliphatic rings. The molecule has 3 atom stereocenters. The molecular weight excluding hydrogens is 436 g/mol. The van der Waals surface area contributed by atoms with E-state index in [1.54, 1.807) is 32.1 Å². The first-order chi connectivity index (χ1) is 15.4. The van der Waals surface area contributed by atoms with Gasteiger partial charge in [-0.15, -0.1) is 0 Å². The van der Waals surface area contributed by atoms with Gasteiger partial charge >= 0.3 is 6.18 Å². The smallest absolute Gasteiger partial charge is 0.418 e. The molecule has 0 spiro atoms. The third-order valence-corrected chi connectivity index (χ3v) is 6.25. The minimum absolute atomic E-state index is 0.317. The van der Waals surface area contributed by atoms with E-state index in [1.165, 1.54) is 12.1 Å². The summed E-state index contributed by atoms with van der Waals surface area (Å²) in [6.07, 6.45) is 3.68. The minimum Gasteiger partial charge on any atom is -0.493 e. The Morgan fingerprint density at radius 3 is 2.67 bits per heavy atom. The van der Waals surface area contributed by atoms with Crippen LogP contribution < -0.4 is 10.1 Å². The van der Waals surface area contributed by atoms with Gasteiger partial charge < -0.3 is 15.2 Å². The molecule has 0 aromatic heterocycles. The van der Waals surface area contributed by atoms with E-state index in [9.17, 15) is 22.7 Å². The maximum absolute atomic E-state index is 14.2. The predicted octanol–water partition coefficient (Wildman–Crippen LogP) is 5.03. The largest absolute Gasteiger partial charge is 0.493 e. The van der Waals surface area contributed by atoms with Crippen molar-refractivity contribution in [2.45, 2.75) is 56.8 Å². The van der Waals surface area contributed by atoms with Gasteiger partial charge in [-0.1, -0.05) is 38.2 Å². The molecule has 1 aliphatic heterocycles. The van der Waals surface area contributed by atoms with Crippen LogP contribution in [-0.4, -0.2) is 42.8 Å². The maximum Gasteiger partial charge on any atom is 0.418 e. The van der Waals surface area contributed by atoms with Gasteiger partial charge in [-0.25, -0.2) is 4.39 Å². The van der Waals surface area contributed by atoms with Crippen molar-refractivity contribution in [1.29, 1.82) is 0 Å². The molecule has 1 aromatic rings. The molecule has 180 valence electrons. The average Bonchev–Trinajstić information content (AvgIpc) is 3.19. The quantitative estimate of drug-likeness (QED) is 0.321. The van der Waals surface area contributed by atoms with E-state index >= 15 is 0 Å². The summed E-state index contributed by atoms with van der Waals surface area (Å²) < 4.78 is 62.3. The summed E-state index contributed by atoms with van der Waals surface area (Å²) in [6.45, 7) is 8.06. The molecule has 1 aliphatic carbocycles. The number of hydrogen-bond donors (Lipinski definition) is 2. The lowest BCUT2D eigenvalue weighted by Crippen LogP contribution is -2.55. The lowest BCUT2D eigenvalue weighted by molar-refractivity contribution is -0.264. The Bertz CT molecular complexity index is 981. The number of allylic oxidation sites excluding steroid dienone is 3. The molecule has 1 aromatic carbocycles. The molecule has 2 N–H and O–H groups in total. The number of alkyl halides is 3. The summed E-state index contributed by atoms with van der Waals surface area (Å²) in [7, 11) is 0. The molecule has 8 heteroatoms. The van der Waals surface area contributed by atoms with Crippen molar-refractivity contribution in [3.8, 4) is 5.75 Å². The Kier molecular flexibility index (Phi) is 7.07. The molecule has 33 heavy (non-hydrogen) atoms. The third kappa shape index (κ3) is 5.16. The normalized spacial score (nSPS) is 22.5. The van der Waals surface area contributed by atoms with Gasteiger partial charge in [-0.2, -0.15) is 13.2 Å². The van der Waals surface area contributed by atoms with Crippen LogP contribution in [-0.2, 0) is 11.8 Å². The van der Waals surface area contributed by atoms with Crippen LogP contribution in [0.4, 0.5) is 17.6 Å². The molecule has 0 radical (unpaired) electrons. The molecule has 3 rings (SSSR count). The van der Waals surface area contributed by atoms with Gasteiger partial charge in [0.25, 0.3) is 0 Å². The van der Waals surface area contributed by atoms with E-state index in [1.807, 2.05) is 19.1 Å². The summed E-state index contributed by atoms with van der Waals surface area (Å²) in [4.78, 5) is 4.03. The van der Waals surface area contributed by atoms with Crippen LogP contribution in [0.1, 0.15) is 38.3 Å². The van der Waals surface area contributed by atoms with Gasteiger partial charge in [0.15, 0.2) is 5.60 Å². The molecule has 0 saturated heterocycles. The number of ether oxygens (including phenoxy) is 1. The van der Waals surface area contributed by atoms with Gasteiger partial charge in [-0.3, -0.25) is 4.99 Å². The topological polar surface area (TPSA) is 53.9 Å². The summed E-state index contributed by atoms with van der Waals surface area (Å²) in [5, 5.41) is 13.7. The zero-order valence-corrected chi connectivity index (χ0v) is 19.0. The molecule has 0 fully saturated rings. The van der Waals surface area contributed by atoms with Crippen LogP contribution in [0.25, 0.3) is 0 Å². The highest BCUT2D eigenvalue weighted by atomic mass is 19.4. The predicted molar refractivity (Wildman–Crippen MR) is 121 cm³/mol. The monoisotopic (exact) mass is 466 g/mol. The molecule has 4 nitrogen and oxygen atoms in total. The van der Waals surface area contributed by atoms with Crippen molar-refractivity contribution in [2.75, 3.05) is 13.2 Å². The van der Waals surface area contributed by atoms with E-state index in [2.05, 4.69) is 17.0 Å². The van der Waals surface area contributed by atoms with Gasteiger partial charge in [0, 0.05) is 29.2 Å². The maximum atomic E-state index is 14.2. The van der Waals surface area contributed by atoms with E-state index in [0.29, 0.717) is 35.6 Å². The highest BCUT2D eigenvalue weighted by molar-refractivity contribution is 5.48. The second-order valence-corrected chi connectivity index (χ2v) is 9.22. The summed E-state index contributed by atoms with van der Waals surface area (Å²) in [5.74, 6) is -0.442. The highest BCUT2D eigenvalue weighted by Crippen LogP contribution is 2.45. The lowest BCUT2D eigenvalue weighted by Gasteiger charge is -2.39. The summed E-state index contributed by atoms with van der Waals surface area (Å²) >= 11 is 0. The van der Waals surface area contributed by atoms with E-state index in [0.717, 1.165) is 0 Å². The summed E-state index contributed by atoms with van der Waals surface area (Å²) in [5.41, 5.74) is -2.85. The Labute approximate surface area is 191 Å². The van der Waals surface area contributed by atoms with Crippen molar-refractivity contribution >= 4 is 6.72 Å². The molecule has 0 bridgehead atoms. The van der Waals surface area contributed by atoms with Gasteiger partial charge in [0.1, 0.15) is 11.6 Å². The second-order valence-electron chi connectivity index (χ2n) is 9.22. The zero-order chi connectivity index (χ0) is 24.4. The van der Waals surface area contributed by atoms with Crippen molar-refractivity contribution in [3.05, 3.63) is 65.2 Å². The van der Waals surface area contributed by atoms with Crippen molar-refractivity contribution in [2.24, 2.45) is 10.9 Å². The Morgan fingerprint density at radius 1 is 1.30 bits per heavy atom.